The molecule has 0 spiro atoms. The van der Waals surface area contributed by atoms with E-state index in [1.807, 2.05) is 25.1 Å². The molecule has 4 nitrogen and oxygen atoms in total. The fourth-order valence-electron chi connectivity index (χ4n) is 1.47. The third-order valence-corrected chi connectivity index (χ3v) is 3.24. The molecule has 0 unspecified atom stereocenters. The van der Waals surface area contributed by atoms with Crippen LogP contribution in [-0.2, 0) is 0 Å². The van der Waals surface area contributed by atoms with Gasteiger partial charge in [0.25, 0.3) is 0 Å². The van der Waals surface area contributed by atoms with Crippen molar-refractivity contribution in [2.24, 2.45) is 10.2 Å². The summed E-state index contributed by atoms with van der Waals surface area (Å²) in [7, 11) is 0. The number of rotatable bonds is 4. The summed E-state index contributed by atoms with van der Waals surface area (Å²) in [6.45, 7) is 1.94. The fraction of sp³-hybridized carbons (Fsp3) is 0.0714. The number of allylic oxidation sites excluding steroid dienone is 1. The molecule has 1 aromatic carbocycles. The van der Waals surface area contributed by atoms with Gasteiger partial charge in [0.1, 0.15) is 6.26 Å². The maximum atomic E-state index is 12.0. The van der Waals surface area contributed by atoms with E-state index < -0.39 is 0 Å². The lowest BCUT2D eigenvalue weighted by Gasteiger charge is -1.97. The molecule has 0 aliphatic rings. The molecule has 0 fully saturated rings. The quantitative estimate of drug-likeness (QED) is 0.387. The van der Waals surface area contributed by atoms with E-state index >= 15 is 0 Å². The number of aliphatic hydroxyl groups excluding tert-OH is 1. The molecule has 0 aliphatic carbocycles. The van der Waals surface area contributed by atoms with Crippen LogP contribution in [0.25, 0.3) is 0 Å². The average Bonchev–Trinajstić information content (AvgIpc) is 2.93. The first-order chi connectivity index (χ1) is 9.20. The predicted molar refractivity (Wildman–Crippen MR) is 75.1 cm³/mol. The average molecular weight is 272 g/mol. The van der Waals surface area contributed by atoms with Gasteiger partial charge >= 0.3 is 0 Å². The highest BCUT2D eigenvalue weighted by molar-refractivity contribution is 7.12. The van der Waals surface area contributed by atoms with Crippen LogP contribution in [0.5, 0.6) is 0 Å². The van der Waals surface area contributed by atoms with Crippen molar-refractivity contribution in [3.63, 3.8) is 0 Å². The van der Waals surface area contributed by atoms with Crippen molar-refractivity contribution < 1.29 is 9.90 Å². The highest BCUT2D eigenvalue weighted by Crippen LogP contribution is 2.18. The zero-order valence-electron chi connectivity index (χ0n) is 10.3. The van der Waals surface area contributed by atoms with Crippen LogP contribution in [0.1, 0.15) is 15.2 Å². The number of hydrogen-bond donors (Lipinski definition) is 1. The summed E-state index contributed by atoms with van der Waals surface area (Å²) < 4.78 is 0. The molecule has 1 heterocycles. The molecule has 1 aromatic heterocycles. The number of nitrogens with zero attached hydrogens (tertiary/aromatic N) is 2. The molecule has 1 N–H and O–H groups in total. The minimum absolute atomic E-state index is 0.0797. The van der Waals surface area contributed by atoms with Gasteiger partial charge in [-0.15, -0.1) is 16.5 Å². The van der Waals surface area contributed by atoms with Gasteiger partial charge in [-0.1, -0.05) is 18.2 Å². The molecule has 0 saturated carbocycles. The van der Waals surface area contributed by atoms with Gasteiger partial charge in [0, 0.05) is 0 Å². The number of thiophene rings is 1. The molecule has 5 heteroatoms. The number of azo groups is 1. The molecule has 19 heavy (non-hydrogen) atoms. The Morgan fingerprint density at radius 2 is 2.16 bits per heavy atom. The zero-order valence-corrected chi connectivity index (χ0v) is 11.1. The lowest BCUT2D eigenvalue weighted by molar-refractivity contribution is 0.103. The van der Waals surface area contributed by atoms with E-state index in [1.165, 1.54) is 11.3 Å². The van der Waals surface area contributed by atoms with Gasteiger partial charge in [0.05, 0.1) is 10.6 Å². The third-order valence-electron chi connectivity index (χ3n) is 2.37. The Kier molecular flexibility index (Phi) is 4.20. The van der Waals surface area contributed by atoms with Crippen molar-refractivity contribution in [1.29, 1.82) is 0 Å². The molecule has 0 atom stereocenters. The first-order valence-electron chi connectivity index (χ1n) is 5.61. The lowest BCUT2D eigenvalue weighted by atomic mass is 10.2. The maximum absolute atomic E-state index is 12.0. The summed E-state index contributed by atoms with van der Waals surface area (Å²) in [5.74, 6) is -0.339. The van der Waals surface area contributed by atoms with Crippen molar-refractivity contribution in [2.75, 3.05) is 0 Å². The van der Waals surface area contributed by atoms with Crippen molar-refractivity contribution in [3.8, 4) is 0 Å². The highest BCUT2D eigenvalue weighted by Gasteiger charge is 2.13. The third kappa shape index (κ3) is 3.35. The molecule has 0 radical (unpaired) electrons. The summed E-state index contributed by atoms with van der Waals surface area (Å²) >= 11 is 1.30. The van der Waals surface area contributed by atoms with Crippen LogP contribution in [0, 0.1) is 6.92 Å². The van der Waals surface area contributed by atoms with Gasteiger partial charge in [0.15, 0.2) is 5.70 Å². The Morgan fingerprint density at radius 3 is 2.79 bits per heavy atom. The fourth-order valence-corrected chi connectivity index (χ4v) is 2.14. The van der Waals surface area contributed by atoms with Crippen LogP contribution >= 0.6 is 11.3 Å². The number of carbonyl (C=O) groups is 1. The van der Waals surface area contributed by atoms with Crippen molar-refractivity contribution in [1.82, 2.24) is 0 Å². The summed E-state index contributed by atoms with van der Waals surface area (Å²) in [5, 5.41) is 18.6. The second-order valence-electron chi connectivity index (χ2n) is 3.86. The number of aliphatic hydroxyl groups is 1. The van der Waals surface area contributed by atoms with Crippen LogP contribution in [-0.4, -0.2) is 10.9 Å². The second-order valence-corrected chi connectivity index (χ2v) is 4.81. The van der Waals surface area contributed by atoms with Crippen LogP contribution in [0.4, 0.5) is 5.69 Å². The van der Waals surface area contributed by atoms with Crippen LogP contribution in [0.3, 0.4) is 0 Å². The Morgan fingerprint density at radius 1 is 1.32 bits per heavy atom. The van der Waals surface area contributed by atoms with Crippen LogP contribution in [0.15, 0.2) is 64.0 Å². The van der Waals surface area contributed by atoms with Gasteiger partial charge in [-0.3, -0.25) is 4.79 Å². The van der Waals surface area contributed by atoms with E-state index in [9.17, 15) is 4.79 Å². The number of ketones is 1. The minimum atomic E-state index is -0.339. The van der Waals surface area contributed by atoms with E-state index in [0.717, 1.165) is 5.56 Å². The standard InChI is InChI=1S/C14H12N2O2S/c1-10-4-2-5-11(8-10)15-16-12(9-17)14(18)13-6-3-7-19-13/h2-9,17H,1H3. The number of carbonyl (C=O) groups excluding carboxylic acids is 1. The largest absolute Gasteiger partial charge is 0.513 e. The maximum Gasteiger partial charge on any atom is 0.226 e. The van der Waals surface area contributed by atoms with Crippen LogP contribution in [0.2, 0.25) is 0 Å². The molecule has 0 saturated heterocycles. The van der Waals surface area contributed by atoms with Crippen molar-refractivity contribution in [3.05, 3.63) is 64.2 Å². The minimum Gasteiger partial charge on any atom is -0.513 e. The van der Waals surface area contributed by atoms with E-state index in [1.54, 1.807) is 23.6 Å². The number of Topliss-reactive ketones (excluding diaryl/α,β-unsaturated/α-hetero) is 1. The molecule has 2 aromatic rings. The Bertz CT molecular complexity index is 631. The molecule has 0 amide bonds. The molecule has 2 rings (SSSR count). The molecule has 0 bridgehead atoms. The van der Waals surface area contributed by atoms with Gasteiger partial charge in [-0.05, 0) is 36.1 Å². The van der Waals surface area contributed by atoms with Gasteiger partial charge < -0.3 is 5.11 Å². The van der Waals surface area contributed by atoms with E-state index in [0.29, 0.717) is 16.8 Å². The van der Waals surface area contributed by atoms with Crippen LogP contribution < -0.4 is 0 Å². The normalized spacial score (nSPS) is 11.9. The first-order valence-corrected chi connectivity index (χ1v) is 6.49. The summed E-state index contributed by atoms with van der Waals surface area (Å²) in [6, 6.07) is 10.9. The smallest absolute Gasteiger partial charge is 0.226 e. The van der Waals surface area contributed by atoms with E-state index in [-0.39, 0.29) is 11.5 Å². The monoisotopic (exact) mass is 272 g/mol. The SMILES string of the molecule is Cc1cccc(N=NC(=CO)C(=O)c2cccs2)c1. The number of benzene rings is 1. The Balaban J connectivity index is 2.19. The topological polar surface area (TPSA) is 62.0 Å². The molecular formula is C14H12N2O2S. The second kappa shape index (κ2) is 6.06. The molecule has 0 aliphatic heterocycles. The first kappa shape index (κ1) is 13.2. The van der Waals surface area contributed by atoms with Gasteiger partial charge in [0.2, 0.25) is 5.78 Å². The molecule has 96 valence electrons. The molecular weight excluding hydrogens is 260 g/mol. The van der Waals surface area contributed by atoms with Gasteiger partial charge in [-0.2, -0.15) is 5.11 Å². The summed E-state index contributed by atoms with van der Waals surface area (Å²) in [5.41, 5.74) is 1.61. The highest BCUT2D eigenvalue weighted by atomic mass is 32.1. The zero-order chi connectivity index (χ0) is 13.7. The Hall–Kier alpha value is -2.27. The van der Waals surface area contributed by atoms with Crippen molar-refractivity contribution >= 4 is 22.8 Å². The Labute approximate surface area is 114 Å². The number of aryl methyl sites for hydroxylation is 1. The number of hydrogen-bond acceptors (Lipinski definition) is 5. The van der Waals surface area contributed by atoms with E-state index in [4.69, 9.17) is 5.11 Å². The lowest BCUT2D eigenvalue weighted by Crippen LogP contribution is -1.98. The predicted octanol–water partition coefficient (Wildman–Crippen LogP) is 4.42. The van der Waals surface area contributed by atoms with E-state index in [2.05, 4.69) is 10.2 Å². The van der Waals surface area contributed by atoms with Gasteiger partial charge in [-0.25, -0.2) is 0 Å². The summed E-state index contributed by atoms with van der Waals surface area (Å²) in [6.07, 6.45) is 0.682. The summed E-state index contributed by atoms with van der Waals surface area (Å²) in [4.78, 5) is 12.5. The van der Waals surface area contributed by atoms with Crippen molar-refractivity contribution in [2.45, 2.75) is 6.92 Å².